The zero-order valence-electron chi connectivity index (χ0n) is 52.9. The van der Waals surface area contributed by atoms with Crippen molar-refractivity contribution < 1.29 is 87.9 Å². The molecule has 32 heteroatoms. The van der Waals surface area contributed by atoms with Crippen LogP contribution in [0.3, 0.4) is 0 Å². The van der Waals surface area contributed by atoms with Crippen molar-refractivity contribution in [2.75, 3.05) is 25.2 Å². The Hall–Kier alpha value is -8.46. The van der Waals surface area contributed by atoms with E-state index in [9.17, 15) is 82.8 Å². The molecule has 2 rings (SSSR count). The number of phenolic OH excluding ortho intramolecular Hbond substituents is 1. The number of unbranched alkanes of at least 4 members (excludes halogenated alkanes) is 1. The highest BCUT2D eigenvalue weighted by molar-refractivity contribution is 7.98. The third kappa shape index (κ3) is 28.8. The number of carbonyl (C=O) groups excluding carboxylic acids is 11. The van der Waals surface area contributed by atoms with Gasteiger partial charge in [-0.15, -0.1) is 0 Å². The van der Waals surface area contributed by atoms with Crippen LogP contribution in [0.1, 0.15) is 110 Å². The lowest BCUT2D eigenvalue weighted by Crippen LogP contribution is -2.62. The molecule has 512 valence electrons. The number of aliphatic hydroxyl groups is 2. The SMILES string of the molecule is CC[C@H](C)[C@H](NC(=O)[C@@H](N)CC(=O)O)C(=O)N[C@@H](C)C(=O)N[C@H](C(=O)N[C@@H](CCCCN)C(=O)N[C@@H](Cc1ccc(O)cc1)C(=O)N[C@@H](Cc1ccccc1)C(=O)N[C@@H](CCC(N)=O)C(=O)N[C@@H](CCSC)C(=O)N[C@@H](CO)C(=O)N[C@@H](CC(C)C)C(=O)O)[C@@H](C)O. The number of nitrogens with two attached hydrogens (primary N) is 3. The van der Waals surface area contributed by atoms with Crippen LogP contribution in [-0.4, -0.2) is 200 Å². The molecule has 21 N–H and O–H groups in total. The monoisotopic (exact) mass is 1320 g/mol. The predicted octanol–water partition coefficient (Wildman–Crippen LogP) is -3.46. The first kappa shape index (κ1) is 79.6. The number of aromatic hydroxyl groups is 1. The number of phenols is 1. The summed E-state index contributed by atoms with van der Waals surface area (Å²) in [6.45, 7) is 8.39. The Bertz CT molecular complexity index is 2800. The van der Waals surface area contributed by atoms with E-state index in [2.05, 4.69) is 53.2 Å². The third-order valence-electron chi connectivity index (χ3n) is 14.5. The van der Waals surface area contributed by atoms with Gasteiger partial charge in [0.2, 0.25) is 65.0 Å². The second kappa shape index (κ2) is 41.1. The van der Waals surface area contributed by atoms with E-state index in [1.807, 2.05) is 0 Å². The molecule has 11 amide bonds. The summed E-state index contributed by atoms with van der Waals surface area (Å²) in [6, 6.07) is -3.01. The number of benzene rings is 2. The topological polar surface area (TPSA) is 521 Å². The van der Waals surface area contributed by atoms with Crippen LogP contribution >= 0.6 is 11.8 Å². The molecule has 2 aromatic carbocycles. The van der Waals surface area contributed by atoms with E-state index in [1.54, 1.807) is 64.3 Å². The van der Waals surface area contributed by atoms with Crippen molar-refractivity contribution in [2.24, 2.45) is 29.0 Å². The standard InChI is InChI=1S/C60H93N13O18S/c1-8-32(4)48(72-51(81)38(62)29-47(78)79)58(88)64-33(5)50(80)73-49(34(6)75)59(89)67-39(16-12-13-24-61)52(82)68-43(28-36-17-19-37(76)20-18-36)56(86)69-42(27-35-14-10-9-11-15-35)55(85)65-40(21-22-46(63)77)53(83)66-41(23-25-92-7)54(84)71-45(30-74)57(87)70-44(60(90)91)26-31(2)3/h9-11,14-15,17-20,31-34,38-45,48-49,74-76H,8,12-13,16,21-30,61-62H2,1-7H3,(H2,63,77)(H,64,88)(H,65,85)(H,66,83)(H,67,89)(H,68,82)(H,69,86)(H,70,87)(H,71,84)(H,72,81)(H,73,80)(H,78,79)(H,90,91)/t32-,33-,34+,38-,39-,40-,41-,42-,43-,44-,45-,48-,49-/m0/s1. The smallest absolute Gasteiger partial charge is 0.326 e. The van der Waals surface area contributed by atoms with Crippen LogP contribution in [0.4, 0.5) is 0 Å². The van der Waals surface area contributed by atoms with Gasteiger partial charge in [0.15, 0.2) is 0 Å². The Kier molecular flexibility index (Phi) is 35.6. The third-order valence-corrected chi connectivity index (χ3v) is 15.2. The molecule has 0 fully saturated rings. The molecule has 0 saturated carbocycles. The molecule has 0 radical (unpaired) electrons. The minimum absolute atomic E-state index is 0.0277. The zero-order chi connectivity index (χ0) is 69.4. The summed E-state index contributed by atoms with van der Waals surface area (Å²) in [5.41, 5.74) is 17.8. The molecular weight excluding hydrogens is 1220 g/mol. The average Bonchev–Trinajstić information content (AvgIpc) is 1.27. The highest BCUT2D eigenvalue weighted by Gasteiger charge is 2.37. The van der Waals surface area contributed by atoms with Gasteiger partial charge in [0.25, 0.3) is 0 Å². The number of carboxylic acid groups (broad SMARTS) is 2. The summed E-state index contributed by atoms with van der Waals surface area (Å²) >= 11 is 1.28. The number of rotatable bonds is 43. The van der Waals surface area contributed by atoms with Crippen molar-refractivity contribution in [2.45, 2.75) is 185 Å². The Labute approximate surface area is 538 Å². The summed E-state index contributed by atoms with van der Waals surface area (Å²) in [4.78, 5) is 175. The molecule has 0 saturated heterocycles. The fourth-order valence-corrected chi connectivity index (χ4v) is 9.51. The molecule has 0 aliphatic carbocycles. The van der Waals surface area contributed by atoms with E-state index in [4.69, 9.17) is 22.3 Å². The van der Waals surface area contributed by atoms with Crippen molar-refractivity contribution in [1.29, 1.82) is 0 Å². The Morgan fingerprint density at radius 3 is 1.47 bits per heavy atom. The highest BCUT2D eigenvalue weighted by atomic mass is 32.2. The van der Waals surface area contributed by atoms with Gasteiger partial charge in [-0.05, 0) is 106 Å². The van der Waals surface area contributed by atoms with E-state index in [-0.39, 0.29) is 62.5 Å². The first-order valence-corrected chi connectivity index (χ1v) is 31.6. The van der Waals surface area contributed by atoms with E-state index >= 15 is 0 Å². The van der Waals surface area contributed by atoms with Gasteiger partial charge < -0.3 is 95.9 Å². The van der Waals surface area contributed by atoms with Crippen LogP contribution in [0.2, 0.25) is 0 Å². The number of carboxylic acids is 2. The van der Waals surface area contributed by atoms with Gasteiger partial charge in [-0.1, -0.05) is 76.6 Å². The summed E-state index contributed by atoms with van der Waals surface area (Å²) in [5, 5.41) is 74.6. The number of hydrogen-bond acceptors (Lipinski definition) is 19. The Morgan fingerprint density at radius 2 is 0.989 bits per heavy atom. The maximum absolute atomic E-state index is 14.8. The normalized spacial score (nSPS) is 15.4. The first-order valence-electron chi connectivity index (χ1n) is 30.2. The van der Waals surface area contributed by atoms with Gasteiger partial charge in [-0.3, -0.25) is 57.5 Å². The zero-order valence-corrected chi connectivity index (χ0v) is 53.7. The van der Waals surface area contributed by atoms with Crippen molar-refractivity contribution >= 4 is 88.7 Å². The number of hydrogen-bond donors (Lipinski definition) is 18. The fraction of sp³-hybridized carbons (Fsp3) is 0.583. The number of primary amides is 1. The quantitative estimate of drug-likeness (QED) is 0.0287. The molecular formula is C60H93N13O18S. The summed E-state index contributed by atoms with van der Waals surface area (Å²) < 4.78 is 0. The minimum Gasteiger partial charge on any atom is -0.508 e. The molecule has 0 heterocycles. The van der Waals surface area contributed by atoms with Gasteiger partial charge in [0.05, 0.1) is 25.2 Å². The van der Waals surface area contributed by atoms with Crippen LogP contribution in [-0.2, 0) is 75.2 Å². The number of amides is 11. The number of nitrogens with one attached hydrogen (secondary N) is 10. The van der Waals surface area contributed by atoms with Crippen LogP contribution in [0, 0.1) is 11.8 Å². The number of thioether (sulfide) groups is 1. The largest absolute Gasteiger partial charge is 0.508 e. The summed E-state index contributed by atoms with van der Waals surface area (Å²) in [5.74, 6) is -14.1. The molecule has 92 heavy (non-hydrogen) atoms. The molecule has 0 bridgehead atoms. The molecule has 0 aromatic heterocycles. The van der Waals surface area contributed by atoms with Crippen molar-refractivity contribution in [3.05, 3.63) is 65.7 Å². The van der Waals surface area contributed by atoms with Crippen LogP contribution < -0.4 is 70.4 Å². The lowest BCUT2D eigenvalue weighted by molar-refractivity contribution is -0.143. The first-order chi connectivity index (χ1) is 43.3. The average molecular weight is 1320 g/mol. The van der Waals surface area contributed by atoms with Crippen LogP contribution in [0.15, 0.2) is 54.6 Å². The molecule has 2 aromatic rings. The maximum Gasteiger partial charge on any atom is 0.326 e. The number of aliphatic carboxylic acids is 2. The highest BCUT2D eigenvalue weighted by Crippen LogP contribution is 2.16. The van der Waals surface area contributed by atoms with Crippen molar-refractivity contribution in [3.63, 3.8) is 0 Å². The maximum atomic E-state index is 14.8. The van der Waals surface area contributed by atoms with Crippen molar-refractivity contribution in [3.8, 4) is 5.75 Å². The molecule has 0 unspecified atom stereocenters. The molecule has 13 atom stereocenters. The van der Waals surface area contributed by atoms with Gasteiger partial charge in [0, 0.05) is 19.3 Å². The van der Waals surface area contributed by atoms with E-state index < -0.39 is 181 Å². The lowest BCUT2D eigenvalue weighted by atomic mass is 9.97. The second-order valence-electron chi connectivity index (χ2n) is 22.7. The molecule has 0 aliphatic heterocycles. The van der Waals surface area contributed by atoms with E-state index in [1.165, 1.54) is 43.0 Å². The minimum atomic E-state index is -1.78. The van der Waals surface area contributed by atoms with Gasteiger partial charge in [-0.25, -0.2) is 4.79 Å². The van der Waals surface area contributed by atoms with Gasteiger partial charge in [-0.2, -0.15) is 11.8 Å². The number of carbonyl (C=O) groups is 13. The molecule has 31 nitrogen and oxygen atoms in total. The molecule has 0 spiro atoms. The summed E-state index contributed by atoms with van der Waals surface area (Å²) in [7, 11) is 0. The summed E-state index contributed by atoms with van der Waals surface area (Å²) in [6.07, 6.45) is -1.41. The van der Waals surface area contributed by atoms with Crippen molar-refractivity contribution in [1.82, 2.24) is 53.2 Å². The van der Waals surface area contributed by atoms with E-state index in [0.29, 0.717) is 24.0 Å². The lowest BCUT2D eigenvalue weighted by Gasteiger charge is -2.29. The van der Waals surface area contributed by atoms with Gasteiger partial charge in [0.1, 0.15) is 66.2 Å². The molecule has 0 aliphatic rings. The van der Waals surface area contributed by atoms with Gasteiger partial charge >= 0.3 is 11.9 Å². The predicted molar refractivity (Wildman–Crippen MR) is 337 cm³/mol. The van der Waals surface area contributed by atoms with E-state index in [0.717, 1.165) is 6.92 Å². The van der Waals surface area contributed by atoms with Crippen LogP contribution in [0.25, 0.3) is 0 Å². The Morgan fingerprint density at radius 1 is 0.533 bits per heavy atom. The Balaban J connectivity index is 2.57. The second-order valence-corrected chi connectivity index (χ2v) is 23.7. The fourth-order valence-electron chi connectivity index (χ4n) is 9.04. The number of aliphatic hydroxyl groups excluding tert-OH is 2. The van der Waals surface area contributed by atoms with Crippen LogP contribution in [0.5, 0.6) is 5.75 Å².